The Hall–Kier alpha value is -2.28. The second-order valence-electron chi connectivity index (χ2n) is 6.67. The lowest BCUT2D eigenvalue weighted by molar-refractivity contribution is -0.384. The standard InChI is InChI=1S/C17H20N4O3/c1-2-14(22)20-16(12-3-5-13(6-4-12)21(23)24)17-15(18-20)11-7-9-19(17)10-8-11/h3-6,11,16-17H,2,7-10H2,1H3. The molecule has 0 N–H and O–H groups in total. The van der Waals surface area contributed by atoms with E-state index in [-0.39, 0.29) is 23.7 Å². The summed E-state index contributed by atoms with van der Waals surface area (Å²) in [5.74, 6) is 0.469. The third-order valence-electron chi connectivity index (χ3n) is 5.43. The van der Waals surface area contributed by atoms with E-state index in [4.69, 9.17) is 5.10 Å². The highest BCUT2D eigenvalue weighted by atomic mass is 16.6. The second kappa shape index (κ2) is 5.66. The number of nitrogens with zero attached hydrogens (tertiary/aromatic N) is 4. The number of hydrazone groups is 1. The van der Waals surface area contributed by atoms with Gasteiger partial charge in [0.05, 0.1) is 16.7 Å². The van der Waals surface area contributed by atoms with Crippen LogP contribution in [0.1, 0.15) is 37.8 Å². The molecule has 2 unspecified atom stereocenters. The van der Waals surface area contributed by atoms with Gasteiger partial charge in [-0.3, -0.25) is 19.8 Å². The minimum atomic E-state index is -0.401. The number of carbonyl (C=O) groups is 1. The van der Waals surface area contributed by atoms with E-state index in [1.54, 1.807) is 17.1 Å². The fourth-order valence-corrected chi connectivity index (χ4v) is 4.21. The largest absolute Gasteiger partial charge is 0.293 e. The van der Waals surface area contributed by atoms with E-state index in [9.17, 15) is 14.9 Å². The van der Waals surface area contributed by atoms with Gasteiger partial charge >= 0.3 is 0 Å². The maximum absolute atomic E-state index is 12.4. The molecule has 7 nitrogen and oxygen atoms in total. The number of nitro benzene ring substituents is 1. The molecule has 3 fully saturated rings. The molecular weight excluding hydrogens is 308 g/mol. The molecule has 2 atom stereocenters. The first kappa shape index (κ1) is 15.3. The predicted octanol–water partition coefficient (Wildman–Crippen LogP) is 2.34. The summed E-state index contributed by atoms with van der Waals surface area (Å²) < 4.78 is 0. The van der Waals surface area contributed by atoms with E-state index >= 15 is 0 Å². The summed E-state index contributed by atoms with van der Waals surface area (Å²) in [6.07, 6.45) is 2.62. The van der Waals surface area contributed by atoms with Crippen LogP contribution in [0.5, 0.6) is 0 Å². The Labute approximate surface area is 140 Å². The molecule has 4 heterocycles. The number of benzene rings is 1. The van der Waals surface area contributed by atoms with Crippen LogP contribution in [0.15, 0.2) is 29.4 Å². The van der Waals surface area contributed by atoms with Crippen molar-refractivity contribution in [2.45, 2.75) is 38.3 Å². The summed E-state index contributed by atoms with van der Waals surface area (Å²) in [7, 11) is 0. The van der Waals surface area contributed by atoms with Crippen molar-refractivity contribution < 1.29 is 9.72 Å². The third kappa shape index (κ3) is 2.23. The van der Waals surface area contributed by atoms with Gasteiger partial charge in [0.1, 0.15) is 6.04 Å². The van der Waals surface area contributed by atoms with E-state index in [0.29, 0.717) is 12.3 Å². The van der Waals surface area contributed by atoms with Gasteiger partial charge in [0, 0.05) is 24.5 Å². The molecule has 24 heavy (non-hydrogen) atoms. The lowest BCUT2D eigenvalue weighted by Crippen LogP contribution is -2.56. The summed E-state index contributed by atoms with van der Waals surface area (Å²) in [6, 6.07) is 6.50. The van der Waals surface area contributed by atoms with Crippen molar-refractivity contribution in [3.05, 3.63) is 39.9 Å². The fraction of sp³-hybridized carbons (Fsp3) is 0.529. The van der Waals surface area contributed by atoms with Crippen molar-refractivity contribution in [2.24, 2.45) is 11.0 Å². The first-order valence-electron chi connectivity index (χ1n) is 8.49. The van der Waals surface area contributed by atoms with Crippen molar-refractivity contribution in [3.8, 4) is 0 Å². The SMILES string of the molecule is CCC(=O)N1N=C2C3CCN(CC3)C2C1c1ccc([N+](=O)[O-])cc1. The summed E-state index contributed by atoms with van der Waals surface area (Å²) >= 11 is 0. The summed E-state index contributed by atoms with van der Waals surface area (Å²) in [5.41, 5.74) is 2.10. The number of non-ortho nitro benzene ring substituents is 1. The van der Waals surface area contributed by atoms with E-state index < -0.39 is 4.92 Å². The molecule has 0 aromatic heterocycles. The Balaban J connectivity index is 1.73. The molecule has 4 aliphatic rings. The van der Waals surface area contributed by atoms with Crippen LogP contribution in [0.2, 0.25) is 0 Å². The van der Waals surface area contributed by atoms with Crippen LogP contribution in [0.25, 0.3) is 0 Å². The summed E-state index contributed by atoms with van der Waals surface area (Å²) in [4.78, 5) is 25.3. The van der Waals surface area contributed by atoms with Gasteiger partial charge in [0.2, 0.25) is 5.91 Å². The number of fused-ring (bicyclic) bond motifs is 2. The van der Waals surface area contributed by atoms with Crippen LogP contribution in [0.4, 0.5) is 5.69 Å². The molecule has 3 saturated heterocycles. The zero-order valence-electron chi connectivity index (χ0n) is 13.6. The molecule has 0 aliphatic carbocycles. The maximum atomic E-state index is 12.4. The molecule has 126 valence electrons. The molecule has 1 aromatic rings. The molecule has 0 saturated carbocycles. The van der Waals surface area contributed by atoms with E-state index in [2.05, 4.69) is 4.90 Å². The van der Waals surface area contributed by atoms with Gasteiger partial charge in [-0.1, -0.05) is 6.92 Å². The van der Waals surface area contributed by atoms with Gasteiger partial charge in [0.15, 0.2) is 0 Å². The number of rotatable bonds is 3. The smallest absolute Gasteiger partial charge is 0.269 e. The van der Waals surface area contributed by atoms with Gasteiger partial charge in [-0.15, -0.1) is 0 Å². The van der Waals surface area contributed by atoms with Crippen molar-refractivity contribution in [2.75, 3.05) is 13.1 Å². The van der Waals surface area contributed by atoms with Gasteiger partial charge in [-0.25, -0.2) is 5.01 Å². The Morgan fingerprint density at radius 1 is 1.25 bits per heavy atom. The average molecular weight is 328 g/mol. The highest BCUT2D eigenvalue weighted by Gasteiger charge is 2.50. The summed E-state index contributed by atoms with van der Waals surface area (Å²) in [5, 5.41) is 17.2. The maximum Gasteiger partial charge on any atom is 0.269 e. The molecule has 1 amide bonds. The van der Waals surface area contributed by atoms with E-state index in [0.717, 1.165) is 37.2 Å². The highest BCUT2D eigenvalue weighted by molar-refractivity contribution is 5.97. The van der Waals surface area contributed by atoms with Crippen LogP contribution in [0.3, 0.4) is 0 Å². The normalized spacial score (nSPS) is 30.9. The van der Waals surface area contributed by atoms with Crippen LogP contribution in [-0.4, -0.2) is 45.6 Å². The van der Waals surface area contributed by atoms with Gasteiger partial charge < -0.3 is 0 Å². The van der Waals surface area contributed by atoms with Crippen LogP contribution >= 0.6 is 0 Å². The topological polar surface area (TPSA) is 79.0 Å². The number of carbonyl (C=O) groups excluding carboxylic acids is 1. The molecule has 1 aromatic carbocycles. The first-order chi connectivity index (χ1) is 11.6. The fourth-order valence-electron chi connectivity index (χ4n) is 4.21. The van der Waals surface area contributed by atoms with Crippen LogP contribution in [-0.2, 0) is 4.79 Å². The molecule has 4 aliphatic heterocycles. The van der Waals surface area contributed by atoms with E-state index in [1.165, 1.54) is 12.1 Å². The van der Waals surface area contributed by atoms with Crippen molar-refractivity contribution >= 4 is 17.3 Å². The minimum Gasteiger partial charge on any atom is -0.293 e. The van der Waals surface area contributed by atoms with E-state index in [1.807, 2.05) is 6.92 Å². The number of hydrogen-bond donors (Lipinski definition) is 0. The zero-order valence-corrected chi connectivity index (χ0v) is 13.6. The van der Waals surface area contributed by atoms with Crippen molar-refractivity contribution in [1.82, 2.24) is 9.91 Å². The molecule has 2 bridgehead atoms. The first-order valence-corrected chi connectivity index (χ1v) is 8.49. The Kier molecular flexibility index (Phi) is 3.60. The van der Waals surface area contributed by atoms with Gasteiger partial charge in [-0.05, 0) is 43.6 Å². The van der Waals surface area contributed by atoms with Gasteiger partial charge in [-0.2, -0.15) is 5.10 Å². The Morgan fingerprint density at radius 2 is 1.92 bits per heavy atom. The van der Waals surface area contributed by atoms with Crippen molar-refractivity contribution in [1.29, 1.82) is 0 Å². The third-order valence-corrected chi connectivity index (χ3v) is 5.43. The monoisotopic (exact) mass is 328 g/mol. The minimum absolute atomic E-state index is 0.000790. The lowest BCUT2D eigenvalue weighted by atomic mass is 9.78. The number of hydrogen-bond acceptors (Lipinski definition) is 5. The predicted molar refractivity (Wildman–Crippen MR) is 88.5 cm³/mol. The number of nitro groups is 1. The molecule has 7 heteroatoms. The molecule has 0 spiro atoms. The molecule has 0 radical (unpaired) electrons. The summed E-state index contributed by atoms with van der Waals surface area (Å²) in [6.45, 7) is 3.91. The van der Waals surface area contributed by atoms with Crippen molar-refractivity contribution in [3.63, 3.8) is 0 Å². The van der Waals surface area contributed by atoms with Crippen LogP contribution < -0.4 is 0 Å². The Bertz CT molecular complexity index is 707. The quantitative estimate of drug-likeness (QED) is 0.630. The van der Waals surface area contributed by atoms with Gasteiger partial charge in [0.25, 0.3) is 5.69 Å². The number of amides is 1. The number of piperidine rings is 3. The average Bonchev–Trinajstić information content (AvgIpc) is 3.04. The highest BCUT2D eigenvalue weighted by Crippen LogP contribution is 2.43. The second-order valence-corrected chi connectivity index (χ2v) is 6.67. The Morgan fingerprint density at radius 3 is 2.50 bits per heavy atom. The molecule has 5 rings (SSSR count). The zero-order chi connectivity index (χ0) is 16.8. The lowest BCUT2D eigenvalue weighted by Gasteiger charge is -2.46. The molecular formula is C17H20N4O3. The van der Waals surface area contributed by atoms with Crippen LogP contribution in [0, 0.1) is 16.0 Å².